The van der Waals surface area contributed by atoms with Gasteiger partial charge in [0.1, 0.15) is 34.6 Å². The van der Waals surface area contributed by atoms with Gasteiger partial charge in [-0.3, -0.25) is 23.5 Å². The van der Waals surface area contributed by atoms with Crippen LogP contribution in [0.3, 0.4) is 0 Å². The number of nitrogens with zero attached hydrogens (tertiary/aromatic N) is 8. The van der Waals surface area contributed by atoms with E-state index in [1.54, 1.807) is 31.2 Å². The number of carboxylic acid groups (broad SMARTS) is 1. The fourth-order valence-corrected chi connectivity index (χ4v) is 10.0. The third-order valence-electron chi connectivity index (χ3n) is 14.9. The molecule has 4 N–H and O–H groups in total. The van der Waals surface area contributed by atoms with Gasteiger partial charge in [0.25, 0.3) is 17.0 Å². The molecule has 1 aliphatic rings. The van der Waals surface area contributed by atoms with Crippen LogP contribution in [0.25, 0.3) is 56.0 Å². The topological polar surface area (TPSA) is 202 Å². The van der Waals surface area contributed by atoms with Crippen LogP contribution in [-0.2, 0) is 4.74 Å². The van der Waals surface area contributed by atoms with Gasteiger partial charge in [-0.25, -0.2) is 32.3 Å². The minimum Gasteiger partial charge on any atom is -0.478 e. The quantitative estimate of drug-likeness (QED) is 0.0369. The summed E-state index contributed by atoms with van der Waals surface area (Å²) in [6.45, 7) is 20.6. The van der Waals surface area contributed by atoms with E-state index in [4.69, 9.17) is 9.72 Å². The highest BCUT2D eigenvalue weighted by Gasteiger charge is 2.24. The summed E-state index contributed by atoms with van der Waals surface area (Å²) in [5.41, 5.74) is 1.69. The van der Waals surface area contributed by atoms with E-state index in [2.05, 4.69) is 68.4 Å². The lowest BCUT2D eigenvalue weighted by Gasteiger charge is -2.22. The van der Waals surface area contributed by atoms with Crippen LogP contribution in [0.2, 0.25) is 0 Å². The first kappa shape index (κ1) is 60.7. The number of para-hydroxylation sites is 2. The van der Waals surface area contributed by atoms with Gasteiger partial charge in [-0.1, -0.05) is 52.0 Å². The Morgan fingerprint density at radius 1 is 0.602 bits per heavy atom. The Bertz CT molecular complexity index is 3710. The minimum absolute atomic E-state index is 0.00197. The molecule has 0 radical (unpaired) electrons. The number of anilines is 2. The number of aryl methyl sites for hydroxylation is 2. The number of carbonyl (C=O) groups excluding carboxylic acids is 1. The molecular weight excluding hydrogens is 1070 g/mol. The summed E-state index contributed by atoms with van der Waals surface area (Å²) in [6, 6.07) is 22.3. The molecule has 1 aliphatic heterocycles. The highest BCUT2D eigenvalue weighted by Crippen LogP contribution is 2.34. The predicted molar refractivity (Wildman–Crippen MR) is 315 cm³/mol. The van der Waals surface area contributed by atoms with Gasteiger partial charge in [-0.05, 0) is 157 Å². The highest BCUT2D eigenvalue weighted by molar-refractivity contribution is 5.99. The number of amides is 1. The first-order valence-electron chi connectivity index (χ1n) is 28.1. The Morgan fingerprint density at radius 3 is 1.45 bits per heavy atom. The lowest BCUT2D eigenvalue weighted by Crippen LogP contribution is -2.32. The summed E-state index contributed by atoms with van der Waals surface area (Å²) in [6.07, 6.45) is 3.40. The van der Waals surface area contributed by atoms with E-state index in [1.807, 2.05) is 13.0 Å². The second-order valence-electron chi connectivity index (χ2n) is 20.2. The van der Waals surface area contributed by atoms with Crippen LogP contribution in [0.1, 0.15) is 85.2 Å². The van der Waals surface area contributed by atoms with Gasteiger partial charge in [0.2, 0.25) is 11.9 Å². The highest BCUT2D eigenvalue weighted by atomic mass is 19.1. The number of carboxylic acids is 1. The standard InChI is InChI=1S/C34H40F2N6O3.C28H29F2N5O3/c1-4-41(5-2)17-7-16-37-34-39-30(25-12-13-29(43)42(32(25)40-34)31-27(35)8-6-9-28(31)36)26-20-24(11-10-22(26)3)33(44)38-21-23-14-18-45-19-15-23;1-4-34(5-2)15-7-14-31-28-32-24(20-16-18(27(37)38)11-10-17(20)3)19-12-13-23(36)35(26(19)33-28)25-21(29)8-6-9-22(25)30/h6,8-13,20,23H,4-5,7,14-19,21H2,1-3H3,(H,38,44)(H,37,39,40);6,8-13,16H,4-5,7,14-15H2,1-3H3,(H,37,38)(H,31,32,33). The van der Waals surface area contributed by atoms with Crippen molar-refractivity contribution in [3.63, 3.8) is 0 Å². The Kier molecular flexibility index (Phi) is 20.5. The van der Waals surface area contributed by atoms with Gasteiger partial charge in [0.15, 0.2) is 11.3 Å². The number of fused-ring (bicyclic) bond motifs is 2. The molecule has 9 rings (SSSR count). The maximum Gasteiger partial charge on any atom is 0.335 e. The number of carbonyl (C=O) groups is 2. The van der Waals surface area contributed by atoms with E-state index >= 15 is 8.78 Å². The molecule has 17 nitrogen and oxygen atoms in total. The third kappa shape index (κ3) is 14.3. The van der Waals surface area contributed by atoms with Crippen LogP contribution >= 0.6 is 0 Å². The predicted octanol–water partition coefficient (Wildman–Crippen LogP) is 10.2. The number of rotatable bonds is 22. The van der Waals surface area contributed by atoms with Crippen molar-refractivity contribution < 1.29 is 37.0 Å². The number of halogens is 4. The molecule has 0 unspecified atom stereocenters. The van der Waals surface area contributed by atoms with Crippen LogP contribution in [-0.4, -0.2) is 128 Å². The fourth-order valence-electron chi connectivity index (χ4n) is 10.0. The zero-order valence-electron chi connectivity index (χ0n) is 47.5. The number of pyridine rings is 2. The van der Waals surface area contributed by atoms with Crippen LogP contribution in [0.15, 0.2) is 107 Å². The maximum absolute atomic E-state index is 15.1. The van der Waals surface area contributed by atoms with Crippen molar-refractivity contribution in [2.45, 2.75) is 67.2 Å². The van der Waals surface area contributed by atoms with Crippen LogP contribution in [0, 0.1) is 43.0 Å². The Morgan fingerprint density at radius 2 is 1.02 bits per heavy atom. The Labute approximate surface area is 478 Å². The maximum atomic E-state index is 15.1. The molecule has 83 heavy (non-hydrogen) atoms. The molecule has 0 saturated carbocycles. The van der Waals surface area contributed by atoms with Crippen molar-refractivity contribution in [3.8, 4) is 33.9 Å². The zero-order chi connectivity index (χ0) is 59.3. The summed E-state index contributed by atoms with van der Waals surface area (Å²) >= 11 is 0. The number of nitrogens with one attached hydrogen (secondary N) is 3. The van der Waals surface area contributed by atoms with Crippen LogP contribution < -0.4 is 27.1 Å². The largest absolute Gasteiger partial charge is 0.478 e. The van der Waals surface area contributed by atoms with Crippen molar-refractivity contribution in [2.75, 3.05) is 82.8 Å². The number of hydrogen-bond donors (Lipinski definition) is 4. The van der Waals surface area contributed by atoms with Gasteiger partial charge in [0.05, 0.1) is 17.0 Å². The first-order valence-corrected chi connectivity index (χ1v) is 28.1. The lowest BCUT2D eigenvalue weighted by molar-refractivity contribution is 0.0642. The number of ether oxygens (including phenoxy) is 1. The SMILES string of the molecule is CCN(CC)CCCNc1nc(-c2cc(C(=O)NCC3CCOCC3)ccc2C)c2ccc(=O)n(-c3c(F)cccc3F)c2n1.CCN(CC)CCCNc1nc(-c2cc(C(=O)O)ccc2C)c2ccc(=O)n(-c3c(F)cccc3F)c2n1. The van der Waals surface area contributed by atoms with Crippen molar-refractivity contribution in [2.24, 2.45) is 5.92 Å². The molecule has 5 heterocycles. The van der Waals surface area contributed by atoms with Crippen molar-refractivity contribution >= 4 is 45.8 Å². The molecule has 4 aromatic heterocycles. The molecule has 0 atom stereocenters. The Hall–Kier alpha value is -8.40. The summed E-state index contributed by atoms with van der Waals surface area (Å²) in [5, 5.41) is 19.8. The van der Waals surface area contributed by atoms with Crippen molar-refractivity contribution in [1.29, 1.82) is 0 Å². The molecule has 8 aromatic rings. The average molecular weight is 1140 g/mol. The lowest BCUT2D eigenvalue weighted by atomic mass is 9.98. The number of aromatic nitrogens is 6. The zero-order valence-corrected chi connectivity index (χ0v) is 47.5. The molecule has 0 aliphatic carbocycles. The normalized spacial score (nSPS) is 12.7. The molecule has 4 aromatic carbocycles. The summed E-state index contributed by atoms with van der Waals surface area (Å²) < 4.78 is 67.1. The summed E-state index contributed by atoms with van der Waals surface area (Å²) in [4.78, 5) is 74.3. The van der Waals surface area contributed by atoms with E-state index < -0.39 is 51.7 Å². The fraction of sp³-hybridized carbons (Fsp3) is 0.355. The van der Waals surface area contributed by atoms with Gasteiger partial charge >= 0.3 is 5.97 Å². The minimum atomic E-state index is -1.11. The van der Waals surface area contributed by atoms with Crippen LogP contribution in [0.4, 0.5) is 29.5 Å². The van der Waals surface area contributed by atoms with Crippen LogP contribution in [0.5, 0.6) is 0 Å². The van der Waals surface area contributed by atoms with Crippen molar-refractivity contribution in [1.82, 2.24) is 44.2 Å². The molecule has 1 saturated heterocycles. The third-order valence-corrected chi connectivity index (χ3v) is 14.9. The van der Waals surface area contributed by atoms with Crippen molar-refractivity contribution in [3.05, 3.63) is 163 Å². The number of benzene rings is 4. The van der Waals surface area contributed by atoms with E-state index in [-0.39, 0.29) is 34.7 Å². The van der Waals surface area contributed by atoms with E-state index in [0.717, 1.165) is 109 Å². The molecule has 436 valence electrons. The summed E-state index contributed by atoms with van der Waals surface area (Å²) in [7, 11) is 0. The number of aromatic carboxylic acids is 1. The van der Waals surface area contributed by atoms with Gasteiger partial charge in [-0.2, -0.15) is 9.97 Å². The molecule has 21 heteroatoms. The van der Waals surface area contributed by atoms with Gasteiger partial charge in [-0.15, -0.1) is 0 Å². The van der Waals surface area contributed by atoms with E-state index in [1.165, 1.54) is 42.5 Å². The van der Waals surface area contributed by atoms with E-state index in [9.17, 15) is 33.1 Å². The molecule has 0 spiro atoms. The van der Waals surface area contributed by atoms with Gasteiger partial charge < -0.3 is 35.6 Å². The molecular formula is C62H69F4N11O6. The monoisotopic (exact) mass is 1140 g/mol. The Balaban J connectivity index is 0.000000220. The second kappa shape index (κ2) is 28.1. The molecule has 0 bridgehead atoms. The average Bonchev–Trinajstić information content (AvgIpc) is 2.18. The first-order chi connectivity index (χ1) is 40.0. The summed E-state index contributed by atoms with van der Waals surface area (Å²) in [5.74, 6) is -4.20. The van der Waals surface area contributed by atoms with Gasteiger partial charge in [0, 0.05) is 72.4 Å². The molecule has 1 amide bonds. The second-order valence-corrected chi connectivity index (χ2v) is 20.2. The smallest absolute Gasteiger partial charge is 0.335 e. The molecule has 1 fully saturated rings. The number of hydrogen-bond acceptors (Lipinski definition) is 13. The van der Waals surface area contributed by atoms with E-state index in [0.29, 0.717) is 77.6 Å².